The molecule has 0 atom stereocenters. The maximum absolute atomic E-state index is 11.6. The molecule has 0 spiro atoms. The van der Waals surface area contributed by atoms with Crippen molar-refractivity contribution in [1.29, 1.82) is 0 Å². The molecule has 3 rings (SSSR count). The first-order chi connectivity index (χ1) is 8.83. The van der Waals surface area contributed by atoms with E-state index >= 15 is 0 Å². The fourth-order valence-electron chi connectivity index (χ4n) is 1.76. The molecule has 1 aliphatic carbocycles. The zero-order valence-corrected chi connectivity index (χ0v) is 9.84. The van der Waals surface area contributed by atoms with Crippen molar-refractivity contribution in [2.45, 2.75) is 12.8 Å². The molecule has 1 fully saturated rings. The molecular formula is C14H13N3O. The molecule has 2 aromatic heterocycles. The van der Waals surface area contributed by atoms with Crippen LogP contribution in [0.4, 0.5) is 5.82 Å². The van der Waals surface area contributed by atoms with E-state index in [-0.39, 0.29) is 11.8 Å². The smallest absolute Gasteiger partial charge is 0.228 e. The van der Waals surface area contributed by atoms with E-state index in [1.807, 2.05) is 24.3 Å². The zero-order chi connectivity index (χ0) is 12.4. The van der Waals surface area contributed by atoms with Crippen molar-refractivity contribution < 1.29 is 4.79 Å². The molecular weight excluding hydrogens is 226 g/mol. The molecule has 2 heterocycles. The number of hydrogen-bond acceptors (Lipinski definition) is 3. The molecule has 90 valence electrons. The molecule has 2 aromatic rings. The molecule has 18 heavy (non-hydrogen) atoms. The van der Waals surface area contributed by atoms with Crippen LogP contribution in [0, 0.1) is 5.92 Å². The number of amides is 1. The lowest BCUT2D eigenvalue weighted by atomic mass is 10.1. The van der Waals surface area contributed by atoms with Crippen molar-refractivity contribution in [3.05, 3.63) is 42.9 Å². The molecule has 0 bridgehead atoms. The van der Waals surface area contributed by atoms with Crippen LogP contribution in [0.2, 0.25) is 0 Å². The van der Waals surface area contributed by atoms with Gasteiger partial charge in [0.2, 0.25) is 5.91 Å². The maximum Gasteiger partial charge on any atom is 0.228 e. The van der Waals surface area contributed by atoms with Crippen molar-refractivity contribution >= 4 is 11.7 Å². The zero-order valence-electron chi connectivity index (χ0n) is 9.84. The molecule has 0 unspecified atom stereocenters. The summed E-state index contributed by atoms with van der Waals surface area (Å²) in [5.74, 6) is 0.899. The third kappa shape index (κ3) is 2.37. The van der Waals surface area contributed by atoms with E-state index in [4.69, 9.17) is 0 Å². The third-order valence-electron chi connectivity index (χ3n) is 2.98. The predicted molar refractivity (Wildman–Crippen MR) is 68.8 cm³/mol. The molecule has 0 radical (unpaired) electrons. The minimum Gasteiger partial charge on any atom is -0.310 e. The Hall–Kier alpha value is -2.23. The van der Waals surface area contributed by atoms with Gasteiger partial charge in [-0.25, -0.2) is 4.98 Å². The number of anilines is 1. The van der Waals surface area contributed by atoms with Gasteiger partial charge in [-0.15, -0.1) is 0 Å². The Labute approximate surface area is 105 Å². The molecule has 4 nitrogen and oxygen atoms in total. The van der Waals surface area contributed by atoms with Gasteiger partial charge in [-0.05, 0) is 42.7 Å². The average molecular weight is 239 g/mol. The van der Waals surface area contributed by atoms with Gasteiger partial charge in [0.25, 0.3) is 0 Å². The van der Waals surface area contributed by atoms with Gasteiger partial charge in [-0.2, -0.15) is 0 Å². The van der Waals surface area contributed by atoms with E-state index in [2.05, 4.69) is 15.3 Å². The Balaban J connectivity index is 1.74. The van der Waals surface area contributed by atoms with Crippen LogP contribution in [0.15, 0.2) is 42.9 Å². The van der Waals surface area contributed by atoms with E-state index in [1.165, 1.54) is 0 Å². The summed E-state index contributed by atoms with van der Waals surface area (Å²) in [5.41, 5.74) is 2.08. The second kappa shape index (κ2) is 4.56. The highest BCUT2D eigenvalue weighted by atomic mass is 16.2. The first-order valence-corrected chi connectivity index (χ1v) is 6.00. The lowest BCUT2D eigenvalue weighted by molar-refractivity contribution is -0.117. The van der Waals surface area contributed by atoms with Gasteiger partial charge in [0.15, 0.2) is 0 Å². The summed E-state index contributed by atoms with van der Waals surface area (Å²) in [4.78, 5) is 19.8. The summed E-state index contributed by atoms with van der Waals surface area (Å²) in [6.45, 7) is 0. The van der Waals surface area contributed by atoms with Gasteiger partial charge in [0.1, 0.15) is 5.82 Å². The van der Waals surface area contributed by atoms with Crippen LogP contribution in [0.1, 0.15) is 12.8 Å². The van der Waals surface area contributed by atoms with Gasteiger partial charge in [-0.1, -0.05) is 0 Å². The summed E-state index contributed by atoms with van der Waals surface area (Å²) in [6.07, 6.45) is 7.26. The minimum atomic E-state index is 0.0826. The number of nitrogens with one attached hydrogen (secondary N) is 1. The quantitative estimate of drug-likeness (QED) is 0.895. The van der Waals surface area contributed by atoms with E-state index in [0.717, 1.165) is 24.0 Å². The Morgan fingerprint density at radius 1 is 1.11 bits per heavy atom. The largest absolute Gasteiger partial charge is 0.310 e. The fraction of sp³-hybridized carbons (Fsp3) is 0.214. The Morgan fingerprint density at radius 2 is 1.89 bits per heavy atom. The monoisotopic (exact) mass is 239 g/mol. The average Bonchev–Trinajstić information content (AvgIpc) is 3.25. The number of nitrogens with zero attached hydrogens (tertiary/aromatic N) is 2. The van der Waals surface area contributed by atoms with Gasteiger partial charge in [-0.3, -0.25) is 9.78 Å². The summed E-state index contributed by atoms with van der Waals surface area (Å²) in [7, 11) is 0. The number of aromatic nitrogens is 2. The van der Waals surface area contributed by atoms with Crippen LogP contribution in [0.3, 0.4) is 0 Å². The summed E-state index contributed by atoms with van der Waals surface area (Å²) in [6, 6.07) is 7.64. The van der Waals surface area contributed by atoms with Crippen molar-refractivity contribution in [2.75, 3.05) is 5.32 Å². The van der Waals surface area contributed by atoms with Crippen LogP contribution in [-0.4, -0.2) is 15.9 Å². The Morgan fingerprint density at radius 3 is 2.50 bits per heavy atom. The first kappa shape index (κ1) is 10.9. The molecule has 0 aliphatic heterocycles. The standard InChI is InChI=1S/C14H13N3O/c18-14(11-1-2-11)17-13-4-3-12(9-16-13)10-5-7-15-8-6-10/h3-9,11H,1-2H2,(H,16,17,18). The summed E-state index contributed by atoms with van der Waals surface area (Å²) in [5, 5.41) is 2.82. The number of pyridine rings is 2. The highest BCUT2D eigenvalue weighted by molar-refractivity contribution is 5.93. The Bertz CT molecular complexity index is 547. The first-order valence-electron chi connectivity index (χ1n) is 6.00. The number of carbonyl (C=O) groups excluding carboxylic acids is 1. The molecule has 1 aliphatic rings. The maximum atomic E-state index is 11.6. The van der Waals surface area contributed by atoms with E-state index in [9.17, 15) is 4.79 Å². The van der Waals surface area contributed by atoms with Crippen LogP contribution in [-0.2, 0) is 4.79 Å². The van der Waals surface area contributed by atoms with E-state index in [1.54, 1.807) is 18.6 Å². The number of rotatable bonds is 3. The van der Waals surface area contributed by atoms with Crippen molar-refractivity contribution in [3.8, 4) is 11.1 Å². The normalized spacial score (nSPS) is 14.2. The molecule has 4 heteroatoms. The highest BCUT2D eigenvalue weighted by Gasteiger charge is 2.29. The summed E-state index contributed by atoms with van der Waals surface area (Å²) < 4.78 is 0. The van der Waals surface area contributed by atoms with Crippen LogP contribution >= 0.6 is 0 Å². The van der Waals surface area contributed by atoms with Crippen molar-refractivity contribution in [2.24, 2.45) is 5.92 Å². The van der Waals surface area contributed by atoms with Gasteiger partial charge in [0.05, 0.1) is 0 Å². The third-order valence-corrected chi connectivity index (χ3v) is 2.98. The van der Waals surface area contributed by atoms with E-state index in [0.29, 0.717) is 5.82 Å². The SMILES string of the molecule is O=C(Nc1ccc(-c2ccncc2)cn1)C1CC1. The molecule has 1 saturated carbocycles. The van der Waals surface area contributed by atoms with Crippen molar-refractivity contribution in [3.63, 3.8) is 0 Å². The second-order valence-electron chi connectivity index (χ2n) is 4.43. The van der Waals surface area contributed by atoms with Crippen molar-refractivity contribution in [1.82, 2.24) is 9.97 Å². The molecule has 1 N–H and O–H groups in total. The lowest BCUT2D eigenvalue weighted by Crippen LogP contribution is -2.14. The topological polar surface area (TPSA) is 54.9 Å². The van der Waals surface area contributed by atoms with Gasteiger partial charge < -0.3 is 5.32 Å². The second-order valence-corrected chi connectivity index (χ2v) is 4.43. The highest BCUT2D eigenvalue weighted by Crippen LogP contribution is 2.30. The molecule has 0 saturated heterocycles. The van der Waals surface area contributed by atoms with Crippen LogP contribution < -0.4 is 5.32 Å². The van der Waals surface area contributed by atoms with Crippen LogP contribution in [0.5, 0.6) is 0 Å². The summed E-state index contributed by atoms with van der Waals surface area (Å²) >= 11 is 0. The fourth-order valence-corrected chi connectivity index (χ4v) is 1.76. The number of carbonyl (C=O) groups is 1. The predicted octanol–water partition coefficient (Wildman–Crippen LogP) is 2.49. The van der Waals surface area contributed by atoms with Gasteiger partial charge in [0, 0.05) is 30.1 Å². The van der Waals surface area contributed by atoms with Gasteiger partial charge >= 0.3 is 0 Å². The number of hydrogen-bond donors (Lipinski definition) is 1. The Kier molecular flexibility index (Phi) is 2.76. The lowest BCUT2D eigenvalue weighted by Gasteiger charge is -2.04. The molecule has 0 aromatic carbocycles. The van der Waals surface area contributed by atoms with Crippen LogP contribution in [0.25, 0.3) is 11.1 Å². The van der Waals surface area contributed by atoms with E-state index < -0.39 is 0 Å². The molecule has 1 amide bonds. The minimum absolute atomic E-state index is 0.0826.